The lowest BCUT2D eigenvalue weighted by Gasteiger charge is -2.12. The molecule has 3 aromatic carbocycles. The Hall–Kier alpha value is -3.73. The van der Waals surface area contributed by atoms with Crippen LogP contribution in [0.5, 0.6) is 23.0 Å². The third-order valence-corrected chi connectivity index (χ3v) is 4.82. The minimum absolute atomic E-state index is 0.428. The smallest absolute Gasteiger partial charge is 0.225 e. The molecule has 0 unspecified atom stereocenters. The Morgan fingerprint density at radius 2 is 1.62 bits per heavy atom. The van der Waals surface area contributed by atoms with Crippen LogP contribution in [0.2, 0.25) is 0 Å². The van der Waals surface area contributed by atoms with Gasteiger partial charge in [-0.2, -0.15) is 0 Å². The van der Waals surface area contributed by atoms with Crippen molar-refractivity contribution >= 4 is 11.6 Å². The zero-order valence-corrected chi connectivity index (χ0v) is 19.2. The first kappa shape index (κ1) is 22.9. The van der Waals surface area contributed by atoms with Gasteiger partial charge in [-0.05, 0) is 75.2 Å². The molecule has 166 valence electrons. The van der Waals surface area contributed by atoms with Gasteiger partial charge in [-0.25, -0.2) is 4.99 Å². The van der Waals surface area contributed by atoms with Gasteiger partial charge >= 0.3 is 0 Å². The molecule has 0 atom stereocenters. The highest BCUT2D eigenvalue weighted by Crippen LogP contribution is 2.27. The highest BCUT2D eigenvalue weighted by Gasteiger charge is 2.10. The molecule has 3 rings (SSSR count). The van der Waals surface area contributed by atoms with Gasteiger partial charge in [0.25, 0.3) is 0 Å². The fourth-order valence-electron chi connectivity index (χ4n) is 2.93. The van der Waals surface area contributed by atoms with Crippen molar-refractivity contribution in [3.8, 4) is 23.0 Å². The van der Waals surface area contributed by atoms with Gasteiger partial charge in [0, 0.05) is 11.6 Å². The normalized spacial score (nSPS) is 11.8. The highest BCUT2D eigenvalue weighted by atomic mass is 16.5. The molecule has 5 heteroatoms. The molecular weight excluding hydrogens is 402 g/mol. The van der Waals surface area contributed by atoms with E-state index in [-0.39, 0.29) is 0 Å². The first-order chi connectivity index (χ1) is 15.5. The van der Waals surface area contributed by atoms with Crippen LogP contribution in [0.25, 0.3) is 0 Å². The lowest BCUT2D eigenvalue weighted by atomic mass is 10.1. The molecule has 3 aromatic rings. The molecule has 0 radical (unpaired) electrons. The minimum Gasteiger partial charge on any atom is -0.494 e. The summed E-state index contributed by atoms with van der Waals surface area (Å²) in [6.45, 7) is 8.56. The summed E-state index contributed by atoms with van der Waals surface area (Å²) in [7, 11) is 1.61. The van der Waals surface area contributed by atoms with E-state index in [1.165, 1.54) is 5.56 Å². The molecule has 0 saturated carbocycles. The van der Waals surface area contributed by atoms with Crippen molar-refractivity contribution in [1.29, 1.82) is 0 Å². The van der Waals surface area contributed by atoms with Crippen LogP contribution >= 0.6 is 0 Å². The van der Waals surface area contributed by atoms with Crippen LogP contribution in [-0.4, -0.2) is 19.6 Å². The SMILES string of the molecule is CCOc1cccc(OC(=Nc2ccc(C)c(C)c2)/C(C)=C/Oc2ccccc2OC)c1. The molecular formula is C27H29NO4. The van der Waals surface area contributed by atoms with Crippen LogP contribution in [-0.2, 0) is 0 Å². The Balaban J connectivity index is 1.94. The third-order valence-electron chi connectivity index (χ3n) is 4.82. The maximum absolute atomic E-state index is 6.17. The molecule has 0 aliphatic heterocycles. The number of methoxy groups -OCH3 is 1. The summed E-state index contributed by atoms with van der Waals surface area (Å²) in [5.41, 5.74) is 3.89. The lowest BCUT2D eigenvalue weighted by molar-refractivity contribution is 0.339. The van der Waals surface area contributed by atoms with Crippen LogP contribution < -0.4 is 18.9 Å². The molecule has 0 bridgehead atoms. The third kappa shape index (κ3) is 6.14. The maximum Gasteiger partial charge on any atom is 0.225 e. The molecule has 32 heavy (non-hydrogen) atoms. The zero-order chi connectivity index (χ0) is 22.9. The predicted octanol–water partition coefficient (Wildman–Crippen LogP) is 6.80. The number of benzene rings is 3. The standard InChI is InChI=1S/C27H29NO4/c1-6-30-23-10-9-11-24(17-23)32-27(28-22-15-14-19(2)20(3)16-22)21(4)18-31-26-13-8-7-12-25(26)29-5/h7-18H,6H2,1-5H3/b21-18+,28-27?. The van der Waals surface area contributed by atoms with E-state index in [0.29, 0.717) is 29.8 Å². The lowest BCUT2D eigenvalue weighted by Crippen LogP contribution is -2.11. The van der Waals surface area contributed by atoms with Gasteiger partial charge < -0.3 is 18.9 Å². The first-order valence-corrected chi connectivity index (χ1v) is 10.5. The molecule has 0 heterocycles. The number of para-hydroxylation sites is 2. The Labute approximate surface area is 189 Å². The van der Waals surface area contributed by atoms with Crippen molar-refractivity contribution in [2.45, 2.75) is 27.7 Å². The largest absolute Gasteiger partial charge is 0.494 e. The Morgan fingerprint density at radius 1 is 0.875 bits per heavy atom. The van der Waals surface area contributed by atoms with E-state index in [1.54, 1.807) is 13.4 Å². The average Bonchev–Trinajstić information content (AvgIpc) is 2.80. The molecule has 0 saturated heterocycles. The van der Waals surface area contributed by atoms with Crippen molar-refractivity contribution in [1.82, 2.24) is 0 Å². The molecule has 5 nitrogen and oxygen atoms in total. The number of hydrogen-bond donors (Lipinski definition) is 0. The molecule has 0 aromatic heterocycles. The fourth-order valence-corrected chi connectivity index (χ4v) is 2.93. The zero-order valence-electron chi connectivity index (χ0n) is 19.2. The Kier molecular flexibility index (Phi) is 7.92. The maximum atomic E-state index is 6.17. The van der Waals surface area contributed by atoms with Gasteiger partial charge in [-0.1, -0.05) is 24.3 Å². The van der Waals surface area contributed by atoms with Gasteiger partial charge in [0.1, 0.15) is 11.5 Å². The van der Waals surface area contributed by atoms with Gasteiger partial charge in [0.2, 0.25) is 5.90 Å². The summed E-state index contributed by atoms with van der Waals surface area (Å²) in [6.07, 6.45) is 1.62. The minimum atomic E-state index is 0.428. The van der Waals surface area contributed by atoms with E-state index in [0.717, 1.165) is 22.6 Å². The number of rotatable bonds is 8. The second-order valence-corrected chi connectivity index (χ2v) is 7.27. The second kappa shape index (κ2) is 11.0. The fraction of sp³-hybridized carbons (Fsp3) is 0.222. The van der Waals surface area contributed by atoms with E-state index >= 15 is 0 Å². The number of aryl methyl sites for hydroxylation is 2. The van der Waals surface area contributed by atoms with Gasteiger partial charge in [0.15, 0.2) is 11.5 Å². The van der Waals surface area contributed by atoms with E-state index in [4.69, 9.17) is 23.9 Å². The van der Waals surface area contributed by atoms with Gasteiger partial charge in [0.05, 0.1) is 25.7 Å². The second-order valence-electron chi connectivity index (χ2n) is 7.27. The number of ether oxygens (including phenoxy) is 4. The van der Waals surface area contributed by atoms with Crippen LogP contribution in [0, 0.1) is 13.8 Å². The van der Waals surface area contributed by atoms with E-state index in [2.05, 4.69) is 13.8 Å². The Morgan fingerprint density at radius 3 is 2.34 bits per heavy atom. The Bertz CT molecular complexity index is 1120. The summed E-state index contributed by atoms with van der Waals surface area (Å²) >= 11 is 0. The molecule has 0 N–H and O–H groups in total. The van der Waals surface area contributed by atoms with Crippen LogP contribution in [0.3, 0.4) is 0 Å². The summed E-state index contributed by atoms with van der Waals surface area (Å²) in [5, 5.41) is 0. The summed E-state index contributed by atoms with van der Waals surface area (Å²) in [4.78, 5) is 4.76. The van der Waals surface area contributed by atoms with Crippen molar-refractivity contribution in [2.75, 3.05) is 13.7 Å². The van der Waals surface area contributed by atoms with Crippen molar-refractivity contribution in [2.24, 2.45) is 4.99 Å². The van der Waals surface area contributed by atoms with Crippen molar-refractivity contribution < 1.29 is 18.9 Å². The summed E-state index contributed by atoms with van der Waals surface area (Å²) in [6, 6.07) is 21.0. The van der Waals surface area contributed by atoms with Gasteiger partial charge in [-0.15, -0.1) is 0 Å². The van der Waals surface area contributed by atoms with E-state index in [1.807, 2.05) is 80.6 Å². The number of nitrogens with zero attached hydrogens (tertiary/aromatic N) is 1. The quantitative estimate of drug-likeness (QED) is 0.223. The molecule has 0 aliphatic rings. The van der Waals surface area contributed by atoms with E-state index < -0.39 is 0 Å². The monoisotopic (exact) mass is 431 g/mol. The molecule has 0 amide bonds. The number of hydrogen-bond acceptors (Lipinski definition) is 5. The topological polar surface area (TPSA) is 49.3 Å². The average molecular weight is 432 g/mol. The first-order valence-electron chi connectivity index (χ1n) is 10.5. The molecule has 0 spiro atoms. The van der Waals surface area contributed by atoms with Crippen LogP contribution in [0.1, 0.15) is 25.0 Å². The van der Waals surface area contributed by atoms with Crippen molar-refractivity contribution in [3.63, 3.8) is 0 Å². The molecule has 0 aliphatic carbocycles. The summed E-state index contributed by atoms with van der Waals surface area (Å²) < 4.78 is 23.0. The van der Waals surface area contributed by atoms with Crippen LogP contribution in [0.4, 0.5) is 5.69 Å². The van der Waals surface area contributed by atoms with Gasteiger partial charge in [-0.3, -0.25) is 0 Å². The number of aliphatic imine (C=N–C) groups is 1. The molecule has 0 fully saturated rings. The van der Waals surface area contributed by atoms with E-state index in [9.17, 15) is 0 Å². The predicted molar refractivity (Wildman–Crippen MR) is 129 cm³/mol. The van der Waals surface area contributed by atoms with Crippen LogP contribution in [0.15, 0.2) is 83.6 Å². The summed E-state index contributed by atoms with van der Waals surface area (Å²) in [5.74, 6) is 3.05. The highest BCUT2D eigenvalue weighted by molar-refractivity contribution is 5.96. The van der Waals surface area contributed by atoms with Crippen molar-refractivity contribution in [3.05, 3.63) is 89.7 Å².